The number of amides is 3. The van der Waals surface area contributed by atoms with Gasteiger partial charge in [0.25, 0.3) is 0 Å². The minimum Gasteiger partial charge on any atom is -0.457 e. The molecule has 2 aromatic rings. The molecule has 2 N–H and O–H groups in total. The van der Waals surface area contributed by atoms with Crippen LogP contribution >= 0.6 is 0 Å². The van der Waals surface area contributed by atoms with Crippen molar-refractivity contribution in [1.29, 1.82) is 0 Å². The van der Waals surface area contributed by atoms with E-state index in [1.165, 1.54) is 0 Å². The third-order valence-corrected chi connectivity index (χ3v) is 4.86. The summed E-state index contributed by atoms with van der Waals surface area (Å²) in [7, 11) is 0. The van der Waals surface area contributed by atoms with E-state index in [9.17, 15) is 9.59 Å². The molecule has 6 heteroatoms. The van der Waals surface area contributed by atoms with Gasteiger partial charge in [-0.15, -0.1) is 0 Å². The Kier molecular flexibility index (Phi) is 6.98. The first-order valence-electron chi connectivity index (χ1n) is 10.5. The maximum Gasteiger partial charge on any atom is 0.318 e. The molecule has 0 saturated carbocycles. The maximum atomic E-state index is 13.1. The highest BCUT2D eigenvalue weighted by molar-refractivity contribution is 5.87. The van der Waals surface area contributed by atoms with Crippen LogP contribution in [-0.4, -0.2) is 35.0 Å². The van der Waals surface area contributed by atoms with Crippen LogP contribution in [0.25, 0.3) is 0 Å². The molecule has 1 unspecified atom stereocenters. The molecule has 1 aliphatic heterocycles. The van der Waals surface area contributed by atoms with Crippen molar-refractivity contribution in [3.63, 3.8) is 0 Å². The number of para-hydroxylation sites is 1. The summed E-state index contributed by atoms with van der Waals surface area (Å²) in [5.41, 5.74) is 0.513. The molecular weight excluding hydrogens is 378 g/mol. The molecule has 1 saturated heterocycles. The highest BCUT2D eigenvalue weighted by atomic mass is 16.5. The topological polar surface area (TPSA) is 70.7 Å². The third kappa shape index (κ3) is 6.24. The zero-order valence-corrected chi connectivity index (χ0v) is 18.0. The quantitative estimate of drug-likeness (QED) is 0.766. The van der Waals surface area contributed by atoms with Crippen LogP contribution in [0.1, 0.15) is 45.6 Å². The molecule has 0 aliphatic carbocycles. The largest absolute Gasteiger partial charge is 0.457 e. The van der Waals surface area contributed by atoms with Crippen LogP contribution in [-0.2, 0) is 11.3 Å². The maximum absolute atomic E-state index is 13.1. The molecule has 0 spiro atoms. The van der Waals surface area contributed by atoms with E-state index in [4.69, 9.17) is 4.74 Å². The smallest absolute Gasteiger partial charge is 0.318 e. The minimum atomic E-state index is -0.492. The van der Waals surface area contributed by atoms with Gasteiger partial charge in [0.2, 0.25) is 5.91 Å². The van der Waals surface area contributed by atoms with Crippen LogP contribution in [0.5, 0.6) is 11.5 Å². The van der Waals surface area contributed by atoms with E-state index in [0.29, 0.717) is 25.3 Å². The third-order valence-electron chi connectivity index (χ3n) is 4.86. The van der Waals surface area contributed by atoms with Gasteiger partial charge in [0.15, 0.2) is 0 Å². The predicted molar refractivity (Wildman–Crippen MR) is 117 cm³/mol. The highest BCUT2D eigenvalue weighted by Crippen LogP contribution is 2.24. The lowest BCUT2D eigenvalue weighted by Gasteiger charge is -2.33. The molecule has 1 fully saturated rings. The second-order valence-corrected chi connectivity index (χ2v) is 8.67. The van der Waals surface area contributed by atoms with Crippen LogP contribution in [0.3, 0.4) is 0 Å². The summed E-state index contributed by atoms with van der Waals surface area (Å²) in [4.78, 5) is 27.4. The Labute approximate surface area is 178 Å². The van der Waals surface area contributed by atoms with Crippen molar-refractivity contribution in [2.75, 3.05) is 6.54 Å². The van der Waals surface area contributed by atoms with Gasteiger partial charge in [0, 0.05) is 18.6 Å². The predicted octanol–water partition coefficient (Wildman–Crippen LogP) is 4.46. The molecule has 0 radical (unpaired) electrons. The Hall–Kier alpha value is -3.02. The second-order valence-electron chi connectivity index (χ2n) is 8.67. The van der Waals surface area contributed by atoms with Gasteiger partial charge in [0.1, 0.15) is 17.5 Å². The normalized spacial score (nSPS) is 16.9. The summed E-state index contributed by atoms with van der Waals surface area (Å²) in [5, 5.41) is 5.95. The van der Waals surface area contributed by atoms with Crippen molar-refractivity contribution in [2.45, 2.75) is 58.2 Å². The lowest BCUT2D eigenvalue weighted by molar-refractivity contribution is -0.125. The SMILES string of the molecule is CC(C)(C)NC(=O)N(Cc1cccc(Oc2ccccc2)c1)C1CCCCNC1=O. The Bertz CT molecular complexity index is 861. The summed E-state index contributed by atoms with van der Waals surface area (Å²) in [5.74, 6) is 1.36. The molecule has 6 nitrogen and oxygen atoms in total. The zero-order valence-electron chi connectivity index (χ0n) is 18.0. The van der Waals surface area contributed by atoms with Crippen molar-refractivity contribution in [2.24, 2.45) is 0 Å². The van der Waals surface area contributed by atoms with Crippen molar-refractivity contribution < 1.29 is 14.3 Å². The van der Waals surface area contributed by atoms with Crippen LogP contribution in [0.4, 0.5) is 4.79 Å². The number of rotatable bonds is 5. The molecule has 1 atom stereocenters. The highest BCUT2D eigenvalue weighted by Gasteiger charge is 2.32. The van der Waals surface area contributed by atoms with Gasteiger partial charge in [-0.2, -0.15) is 0 Å². The summed E-state index contributed by atoms with van der Waals surface area (Å²) >= 11 is 0. The van der Waals surface area contributed by atoms with Crippen LogP contribution < -0.4 is 15.4 Å². The Morgan fingerprint density at radius 3 is 2.57 bits per heavy atom. The van der Waals surface area contributed by atoms with E-state index in [0.717, 1.165) is 24.2 Å². The fourth-order valence-electron chi connectivity index (χ4n) is 3.47. The first-order chi connectivity index (χ1) is 14.3. The number of benzene rings is 2. The van der Waals surface area contributed by atoms with E-state index < -0.39 is 11.6 Å². The summed E-state index contributed by atoms with van der Waals surface area (Å²) in [6.45, 7) is 6.79. The first kappa shape index (κ1) is 21.7. The van der Waals surface area contributed by atoms with Crippen LogP contribution in [0.15, 0.2) is 54.6 Å². The van der Waals surface area contributed by atoms with Crippen molar-refractivity contribution in [3.8, 4) is 11.5 Å². The van der Waals surface area contributed by atoms with E-state index in [1.807, 2.05) is 75.4 Å². The molecule has 0 bridgehead atoms. The van der Waals surface area contributed by atoms with Gasteiger partial charge in [-0.3, -0.25) is 4.79 Å². The van der Waals surface area contributed by atoms with Gasteiger partial charge in [-0.1, -0.05) is 30.3 Å². The lowest BCUT2D eigenvalue weighted by Crippen LogP contribution is -2.55. The zero-order chi connectivity index (χ0) is 21.6. The number of nitrogens with zero attached hydrogens (tertiary/aromatic N) is 1. The monoisotopic (exact) mass is 409 g/mol. The fraction of sp³-hybridized carbons (Fsp3) is 0.417. The molecular formula is C24H31N3O3. The molecule has 1 heterocycles. The minimum absolute atomic E-state index is 0.0896. The van der Waals surface area contributed by atoms with Crippen LogP contribution in [0, 0.1) is 0 Å². The summed E-state index contributed by atoms with van der Waals surface area (Å²) in [6, 6.07) is 16.5. The molecule has 2 aromatic carbocycles. The number of nitrogens with one attached hydrogen (secondary N) is 2. The molecule has 30 heavy (non-hydrogen) atoms. The summed E-state index contributed by atoms with van der Waals surface area (Å²) in [6.07, 6.45) is 2.49. The van der Waals surface area contributed by atoms with Crippen molar-refractivity contribution in [1.82, 2.24) is 15.5 Å². The van der Waals surface area contributed by atoms with E-state index >= 15 is 0 Å². The number of urea groups is 1. The molecule has 160 valence electrons. The van der Waals surface area contributed by atoms with Crippen molar-refractivity contribution in [3.05, 3.63) is 60.2 Å². The molecule has 1 aliphatic rings. The van der Waals surface area contributed by atoms with Crippen LogP contribution in [0.2, 0.25) is 0 Å². The van der Waals surface area contributed by atoms with E-state index in [-0.39, 0.29) is 11.9 Å². The Morgan fingerprint density at radius 2 is 1.83 bits per heavy atom. The lowest BCUT2D eigenvalue weighted by atomic mass is 10.1. The fourth-order valence-corrected chi connectivity index (χ4v) is 3.47. The molecule has 3 rings (SSSR count). The van der Waals surface area contributed by atoms with Gasteiger partial charge < -0.3 is 20.3 Å². The number of hydrogen-bond donors (Lipinski definition) is 2. The van der Waals surface area contributed by atoms with Gasteiger partial charge in [-0.25, -0.2) is 4.79 Å². The van der Waals surface area contributed by atoms with Gasteiger partial charge in [0.05, 0.1) is 0 Å². The van der Waals surface area contributed by atoms with Crippen molar-refractivity contribution >= 4 is 11.9 Å². The van der Waals surface area contributed by atoms with E-state index in [2.05, 4.69) is 10.6 Å². The number of carbonyl (C=O) groups is 2. The number of ether oxygens (including phenoxy) is 1. The Balaban J connectivity index is 1.82. The van der Waals surface area contributed by atoms with Gasteiger partial charge >= 0.3 is 6.03 Å². The van der Waals surface area contributed by atoms with Gasteiger partial charge in [-0.05, 0) is 69.9 Å². The number of hydrogen-bond acceptors (Lipinski definition) is 3. The van der Waals surface area contributed by atoms with E-state index in [1.54, 1.807) is 4.90 Å². The Morgan fingerprint density at radius 1 is 1.10 bits per heavy atom. The summed E-state index contributed by atoms with van der Waals surface area (Å²) < 4.78 is 5.93. The molecule has 3 amide bonds. The second kappa shape index (κ2) is 9.65. The standard InChI is InChI=1S/C24H31N3O3/c1-24(2,3)26-23(29)27(21-14-7-8-15-25-22(21)28)17-18-10-9-13-20(16-18)30-19-11-5-4-6-12-19/h4-6,9-13,16,21H,7-8,14-15,17H2,1-3H3,(H,25,28)(H,26,29). The number of carbonyl (C=O) groups excluding carboxylic acids is 2. The average molecular weight is 410 g/mol. The average Bonchev–Trinajstić information content (AvgIpc) is 2.90. The first-order valence-corrected chi connectivity index (χ1v) is 10.5. The molecule has 0 aromatic heterocycles.